The van der Waals surface area contributed by atoms with Crippen LogP contribution in [0.4, 0.5) is 0 Å². The minimum atomic E-state index is -0.0580. The lowest BCUT2D eigenvalue weighted by atomic mass is 10.1. The van der Waals surface area contributed by atoms with Crippen LogP contribution in [-0.2, 0) is 20.5 Å². The van der Waals surface area contributed by atoms with Crippen LogP contribution < -0.4 is 5.32 Å². The van der Waals surface area contributed by atoms with Crippen LogP contribution in [0.3, 0.4) is 0 Å². The van der Waals surface area contributed by atoms with Crippen LogP contribution in [-0.4, -0.2) is 26.8 Å². The van der Waals surface area contributed by atoms with Crippen LogP contribution in [0.2, 0.25) is 0 Å². The molecule has 0 atom stereocenters. The first-order valence-electron chi connectivity index (χ1n) is 6.49. The van der Waals surface area contributed by atoms with Gasteiger partial charge in [0, 0.05) is 37.0 Å². The van der Waals surface area contributed by atoms with Crippen molar-refractivity contribution in [3.05, 3.63) is 39.4 Å². The number of hydrogen-bond acceptors (Lipinski definition) is 2. The van der Waals surface area contributed by atoms with Crippen molar-refractivity contribution >= 4 is 21.8 Å². The van der Waals surface area contributed by atoms with E-state index in [4.69, 9.17) is 0 Å². The van der Waals surface area contributed by atoms with Crippen LogP contribution in [0, 0.1) is 13.8 Å². The van der Waals surface area contributed by atoms with Crippen molar-refractivity contribution in [1.29, 1.82) is 0 Å². The highest BCUT2D eigenvalue weighted by atomic mass is 79.9. The lowest BCUT2D eigenvalue weighted by Gasteiger charge is -2.06. The molecule has 2 heterocycles. The van der Waals surface area contributed by atoms with Crippen LogP contribution in [0.5, 0.6) is 0 Å². The first-order valence-corrected chi connectivity index (χ1v) is 7.28. The minimum absolute atomic E-state index is 0.0580. The second-order valence-electron chi connectivity index (χ2n) is 4.93. The molecule has 1 N–H and O–H groups in total. The van der Waals surface area contributed by atoms with Gasteiger partial charge in [0.2, 0.25) is 0 Å². The minimum Gasteiger partial charge on any atom is -0.350 e. The fraction of sp³-hybridized carbons (Fsp3) is 0.429. The number of amides is 1. The third kappa shape index (κ3) is 2.95. The molecule has 1 amide bonds. The lowest BCUT2D eigenvalue weighted by molar-refractivity contribution is 0.0946. The summed E-state index contributed by atoms with van der Waals surface area (Å²) in [5, 5.41) is 7.33. The number of aromatic nitrogens is 3. The molecule has 0 saturated heterocycles. The van der Waals surface area contributed by atoms with E-state index in [0.29, 0.717) is 12.2 Å². The van der Waals surface area contributed by atoms with E-state index < -0.39 is 0 Å². The smallest absolute Gasteiger partial charge is 0.267 e. The van der Waals surface area contributed by atoms with Gasteiger partial charge in [-0.1, -0.05) is 0 Å². The van der Waals surface area contributed by atoms with E-state index in [2.05, 4.69) is 26.3 Å². The average Bonchev–Trinajstić information content (AvgIpc) is 2.82. The van der Waals surface area contributed by atoms with Gasteiger partial charge in [0.25, 0.3) is 5.91 Å². The predicted molar refractivity (Wildman–Crippen MR) is 81.8 cm³/mol. The summed E-state index contributed by atoms with van der Waals surface area (Å²) >= 11 is 3.37. The lowest BCUT2D eigenvalue weighted by Crippen LogP contribution is -2.27. The Bertz CT molecular complexity index is 642. The fourth-order valence-electron chi connectivity index (χ4n) is 2.32. The Balaban J connectivity index is 1.96. The maximum Gasteiger partial charge on any atom is 0.267 e. The summed E-state index contributed by atoms with van der Waals surface area (Å²) in [5.74, 6) is -0.0580. The maximum absolute atomic E-state index is 12.1. The number of carbonyl (C=O) groups is 1. The number of hydrogen-bond donors (Lipinski definition) is 1. The van der Waals surface area contributed by atoms with Gasteiger partial charge in [0.1, 0.15) is 5.69 Å². The molecule has 2 aromatic rings. The van der Waals surface area contributed by atoms with Crippen LogP contribution in [0.15, 0.2) is 16.7 Å². The van der Waals surface area contributed by atoms with Crippen molar-refractivity contribution < 1.29 is 4.79 Å². The van der Waals surface area contributed by atoms with Crippen LogP contribution in [0.1, 0.15) is 27.4 Å². The van der Waals surface area contributed by atoms with Gasteiger partial charge in [-0.25, -0.2) is 0 Å². The average molecular weight is 339 g/mol. The number of nitrogens with zero attached hydrogens (tertiary/aromatic N) is 3. The molecule has 0 aliphatic rings. The van der Waals surface area contributed by atoms with Gasteiger partial charge < -0.3 is 9.88 Å². The Kier molecular flexibility index (Phi) is 4.32. The van der Waals surface area contributed by atoms with E-state index in [-0.39, 0.29) is 5.91 Å². The maximum atomic E-state index is 12.1. The molecule has 2 aromatic heterocycles. The number of nitrogens with one attached hydrogen (secondary N) is 1. The van der Waals surface area contributed by atoms with Crippen molar-refractivity contribution in [2.75, 3.05) is 6.54 Å². The molecular formula is C14H19BrN4O. The zero-order valence-electron chi connectivity index (χ0n) is 12.2. The summed E-state index contributed by atoms with van der Waals surface area (Å²) in [6, 6.07) is 1.82. The molecule has 20 heavy (non-hydrogen) atoms. The number of aryl methyl sites for hydroxylation is 3. The van der Waals surface area contributed by atoms with Crippen molar-refractivity contribution in [1.82, 2.24) is 19.7 Å². The molecule has 0 unspecified atom stereocenters. The van der Waals surface area contributed by atoms with Crippen molar-refractivity contribution in [2.24, 2.45) is 14.1 Å². The summed E-state index contributed by atoms with van der Waals surface area (Å²) in [6.07, 6.45) is 2.66. The van der Waals surface area contributed by atoms with Gasteiger partial charge in [-0.3, -0.25) is 9.48 Å². The van der Waals surface area contributed by atoms with E-state index in [1.54, 1.807) is 4.57 Å². The first-order chi connectivity index (χ1) is 9.40. The largest absolute Gasteiger partial charge is 0.350 e. The highest BCUT2D eigenvalue weighted by molar-refractivity contribution is 9.10. The van der Waals surface area contributed by atoms with Crippen LogP contribution >= 0.6 is 15.9 Å². The summed E-state index contributed by atoms with van der Waals surface area (Å²) in [4.78, 5) is 12.1. The quantitative estimate of drug-likeness (QED) is 0.928. The highest BCUT2D eigenvalue weighted by Crippen LogP contribution is 2.14. The summed E-state index contributed by atoms with van der Waals surface area (Å²) < 4.78 is 4.59. The second kappa shape index (κ2) is 5.83. The SMILES string of the molecule is Cc1nn(C)c(C)c1CCNC(=O)c1cc(Br)cn1C. The number of rotatable bonds is 4. The van der Waals surface area contributed by atoms with Crippen molar-refractivity contribution in [2.45, 2.75) is 20.3 Å². The molecule has 5 nitrogen and oxygen atoms in total. The molecule has 0 aliphatic carbocycles. The summed E-state index contributed by atoms with van der Waals surface area (Å²) in [7, 11) is 3.79. The highest BCUT2D eigenvalue weighted by Gasteiger charge is 2.12. The second-order valence-corrected chi connectivity index (χ2v) is 5.85. The topological polar surface area (TPSA) is 51.9 Å². The molecule has 0 bridgehead atoms. The molecule has 108 valence electrons. The molecule has 0 radical (unpaired) electrons. The van der Waals surface area contributed by atoms with Crippen molar-refractivity contribution in [3.8, 4) is 0 Å². The molecule has 6 heteroatoms. The van der Waals surface area contributed by atoms with Crippen LogP contribution in [0.25, 0.3) is 0 Å². The normalized spacial score (nSPS) is 10.8. The summed E-state index contributed by atoms with van der Waals surface area (Å²) in [6.45, 7) is 4.65. The molecule has 0 spiro atoms. The molecule has 2 rings (SSSR count). The van der Waals surface area contributed by atoms with E-state index in [0.717, 1.165) is 22.3 Å². The van der Waals surface area contributed by atoms with E-state index >= 15 is 0 Å². The number of carbonyl (C=O) groups excluding carboxylic acids is 1. The van der Waals surface area contributed by atoms with Gasteiger partial charge in [-0.2, -0.15) is 5.10 Å². The molecule has 0 aromatic carbocycles. The zero-order valence-corrected chi connectivity index (χ0v) is 13.8. The van der Waals surface area contributed by atoms with Crippen molar-refractivity contribution in [3.63, 3.8) is 0 Å². The fourth-order valence-corrected chi connectivity index (χ4v) is 2.84. The molecule has 0 saturated carbocycles. The van der Waals surface area contributed by atoms with Gasteiger partial charge in [0.15, 0.2) is 0 Å². The molecule has 0 aliphatic heterocycles. The van der Waals surface area contributed by atoms with E-state index in [9.17, 15) is 4.79 Å². The monoisotopic (exact) mass is 338 g/mol. The Morgan fingerprint density at radius 3 is 2.60 bits per heavy atom. The Hall–Kier alpha value is -1.56. The van der Waals surface area contributed by atoms with Gasteiger partial charge in [-0.05, 0) is 47.8 Å². The Morgan fingerprint density at radius 2 is 2.10 bits per heavy atom. The predicted octanol–water partition coefficient (Wildman–Crippen LogP) is 2.11. The third-order valence-corrected chi connectivity index (χ3v) is 3.96. The Labute approximate surface area is 127 Å². The zero-order chi connectivity index (χ0) is 14.9. The summed E-state index contributed by atoms with van der Waals surface area (Å²) in [5.41, 5.74) is 4.04. The van der Waals surface area contributed by atoms with Gasteiger partial charge in [0.05, 0.1) is 5.69 Å². The van der Waals surface area contributed by atoms with E-state index in [1.165, 1.54) is 5.56 Å². The third-order valence-electron chi connectivity index (χ3n) is 3.52. The first kappa shape index (κ1) is 14.8. The molecule has 0 fully saturated rings. The molecular weight excluding hydrogens is 320 g/mol. The Morgan fingerprint density at radius 1 is 1.40 bits per heavy atom. The number of halogens is 1. The van der Waals surface area contributed by atoms with Gasteiger partial charge >= 0.3 is 0 Å². The standard InChI is InChI=1S/C14H19BrN4O/c1-9-12(10(2)19(4)17-9)5-6-16-14(20)13-7-11(15)8-18(13)3/h7-8H,5-6H2,1-4H3,(H,16,20). The van der Waals surface area contributed by atoms with E-state index in [1.807, 2.05) is 44.9 Å². The van der Waals surface area contributed by atoms with Gasteiger partial charge in [-0.15, -0.1) is 0 Å².